The number of nitrogens with zero attached hydrogens (tertiary/aromatic N) is 4. The van der Waals surface area contributed by atoms with Crippen molar-refractivity contribution < 1.29 is 14.1 Å². The van der Waals surface area contributed by atoms with Crippen molar-refractivity contribution in [3.63, 3.8) is 0 Å². The van der Waals surface area contributed by atoms with Gasteiger partial charge >= 0.3 is 0 Å². The molecule has 28 heavy (non-hydrogen) atoms. The number of hydrogen-bond donors (Lipinski definition) is 0. The van der Waals surface area contributed by atoms with Gasteiger partial charge in [0.25, 0.3) is 0 Å². The van der Waals surface area contributed by atoms with Crippen LogP contribution in [0.2, 0.25) is 5.02 Å². The number of halogens is 1. The van der Waals surface area contributed by atoms with Crippen molar-refractivity contribution in [2.24, 2.45) is 0 Å². The van der Waals surface area contributed by atoms with Crippen molar-refractivity contribution >= 4 is 23.4 Å². The van der Waals surface area contributed by atoms with Crippen molar-refractivity contribution in [3.05, 3.63) is 35.2 Å². The van der Waals surface area contributed by atoms with E-state index in [2.05, 4.69) is 10.1 Å². The molecule has 1 aromatic carbocycles. The van der Waals surface area contributed by atoms with Gasteiger partial charge in [-0.2, -0.15) is 4.98 Å². The van der Waals surface area contributed by atoms with E-state index in [-0.39, 0.29) is 23.9 Å². The van der Waals surface area contributed by atoms with E-state index in [4.69, 9.17) is 16.1 Å². The predicted octanol–water partition coefficient (Wildman–Crippen LogP) is 2.93. The van der Waals surface area contributed by atoms with Gasteiger partial charge < -0.3 is 14.3 Å². The number of benzene rings is 1. The fourth-order valence-electron chi connectivity index (χ4n) is 4.03. The fraction of sp³-hybridized carbons (Fsp3) is 0.500. The Morgan fingerprint density at radius 2 is 2.18 bits per heavy atom. The van der Waals surface area contributed by atoms with Crippen LogP contribution in [0.3, 0.4) is 0 Å². The van der Waals surface area contributed by atoms with E-state index in [1.165, 1.54) is 0 Å². The molecule has 1 aromatic heterocycles. The zero-order chi connectivity index (χ0) is 19.7. The molecule has 0 saturated carbocycles. The first-order valence-electron chi connectivity index (χ1n) is 9.72. The van der Waals surface area contributed by atoms with Gasteiger partial charge in [0.1, 0.15) is 6.04 Å². The Bertz CT molecular complexity index is 884. The highest BCUT2D eigenvalue weighted by Gasteiger charge is 2.41. The molecule has 0 bridgehead atoms. The molecule has 3 heterocycles. The van der Waals surface area contributed by atoms with E-state index in [9.17, 15) is 9.59 Å². The van der Waals surface area contributed by atoms with Gasteiger partial charge in [-0.05, 0) is 38.3 Å². The summed E-state index contributed by atoms with van der Waals surface area (Å²) in [6.07, 6.45) is 3.46. The van der Waals surface area contributed by atoms with E-state index in [1.54, 1.807) is 11.0 Å². The molecular formula is C20H23ClN4O3. The first kappa shape index (κ1) is 18.9. The smallest absolute Gasteiger partial charge is 0.245 e. The third-order valence-electron chi connectivity index (χ3n) is 5.58. The van der Waals surface area contributed by atoms with Gasteiger partial charge in [-0.1, -0.05) is 28.9 Å². The summed E-state index contributed by atoms with van der Waals surface area (Å²) >= 11 is 6.16. The van der Waals surface area contributed by atoms with Crippen LogP contribution in [-0.2, 0) is 16.0 Å². The Morgan fingerprint density at radius 3 is 3.00 bits per heavy atom. The molecule has 0 spiro atoms. The first-order valence-corrected chi connectivity index (χ1v) is 10.1. The van der Waals surface area contributed by atoms with Gasteiger partial charge in [-0.25, -0.2) is 0 Å². The molecule has 2 atom stereocenters. The van der Waals surface area contributed by atoms with Gasteiger partial charge in [-0.3, -0.25) is 9.59 Å². The lowest BCUT2D eigenvalue weighted by molar-refractivity contribution is -0.152. The summed E-state index contributed by atoms with van der Waals surface area (Å²) in [5.41, 5.74) is 0.719. The molecule has 0 unspecified atom stereocenters. The van der Waals surface area contributed by atoms with Gasteiger partial charge in [-0.15, -0.1) is 0 Å². The van der Waals surface area contributed by atoms with Crippen molar-refractivity contribution in [3.8, 4) is 11.4 Å². The normalized spacial score (nSPS) is 21.9. The van der Waals surface area contributed by atoms with Crippen LogP contribution < -0.4 is 0 Å². The highest BCUT2D eigenvalue weighted by molar-refractivity contribution is 6.33. The Kier molecular flexibility index (Phi) is 5.35. The van der Waals surface area contributed by atoms with Crippen LogP contribution in [0, 0.1) is 0 Å². The van der Waals surface area contributed by atoms with E-state index < -0.39 is 0 Å². The molecule has 2 aliphatic heterocycles. The largest absolute Gasteiger partial charge is 0.339 e. The van der Waals surface area contributed by atoms with Crippen molar-refractivity contribution in [2.45, 2.75) is 51.1 Å². The standard InChI is InChI=1S/C20H23ClN4O3/c1-13-20(27)24-11-5-6-14(24)12-25(13)18(26)10-4-9-17-22-19(23-28-17)15-7-2-3-8-16(15)21/h2-3,7-8,13-14H,4-6,9-12H2,1H3/t13-,14+/m1/s1. The van der Waals surface area contributed by atoms with Crippen molar-refractivity contribution in [1.29, 1.82) is 0 Å². The molecule has 4 rings (SSSR count). The molecule has 0 N–H and O–H groups in total. The zero-order valence-corrected chi connectivity index (χ0v) is 16.6. The molecule has 0 aliphatic carbocycles. The highest BCUT2D eigenvalue weighted by Crippen LogP contribution is 2.27. The SMILES string of the molecule is C[C@@H]1C(=O)N2CCC[C@H]2CN1C(=O)CCCc1nc(-c2ccccc2Cl)no1. The minimum atomic E-state index is -0.378. The van der Waals surface area contributed by atoms with E-state index >= 15 is 0 Å². The maximum atomic E-state index is 12.7. The summed E-state index contributed by atoms with van der Waals surface area (Å²) in [7, 11) is 0. The van der Waals surface area contributed by atoms with Gasteiger partial charge in [0.2, 0.25) is 23.5 Å². The minimum Gasteiger partial charge on any atom is -0.339 e. The van der Waals surface area contributed by atoms with Crippen LogP contribution in [0.1, 0.15) is 38.5 Å². The summed E-state index contributed by atoms with van der Waals surface area (Å²) < 4.78 is 5.29. The second kappa shape index (κ2) is 7.91. The number of hydrogen-bond acceptors (Lipinski definition) is 5. The Hall–Kier alpha value is -2.41. The number of rotatable bonds is 5. The molecule has 7 nitrogen and oxygen atoms in total. The van der Waals surface area contributed by atoms with Crippen LogP contribution in [0.15, 0.2) is 28.8 Å². The summed E-state index contributed by atoms with van der Waals surface area (Å²) in [4.78, 5) is 33.2. The average Bonchev–Trinajstić information content (AvgIpc) is 3.34. The van der Waals surface area contributed by atoms with Crippen molar-refractivity contribution in [2.75, 3.05) is 13.1 Å². The second-order valence-corrected chi connectivity index (χ2v) is 7.80. The predicted molar refractivity (Wildman–Crippen MR) is 104 cm³/mol. The number of aryl methyl sites for hydroxylation is 1. The number of amides is 2. The Balaban J connectivity index is 1.32. The molecule has 2 aromatic rings. The fourth-order valence-corrected chi connectivity index (χ4v) is 4.25. The quantitative estimate of drug-likeness (QED) is 0.768. The second-order valence-electron chi connectivity index (χ2n) is 7.39. The number of carbonyl (C=O) groups is 2. The summed E-state index contributed by atoms with van der Waals surface area (Å²) in [5.74, 6) is 1.01. The molecular weight excluding hydrogens is 380 g/mol. The molecule has 2 saturated heterocycles. The molecule has 2 aliphatic rings. The van der Waals surface area contributed by atoms with Gasteiger partial charge in [0.15, 0.2) is 0 Å². The topological polar surface area (TPSA) is 79.5 Å². The maximum absolute atomic E-state index is 12.7. The van der Waals surface area contributed by atoms with E-state index in [0.717, 1.165) is 24.9 Å². The molecule has 2 fully saturated rings. The molecule has 148 valence electrons. The summed E-state index contributed by atoms with van der Waals surface area (Å²) in [5, 5.41) is 4.54. The lowest BCUT2D eigenvalue weighted by atomic mass is 10.1. The monoisotopic (exact) mass is 402 g/mol. The summed E-state index contributed by atoms with van der Waals surface area (Å²) in [6.45, 7) is 3.28. The lowest BCUT2D eigenvalue weighted by Crippen LogP contribution is -2.60. The highest BCUT2D eigenvalue weighted by atomic mass is 35.5. The average molecular weight is 403 g/mol. The molecule has 2 amide bonds. The van der Waals surface area contributed by atoms with Gasteiger partial charge in [0.05, 0.1) is 5.02 Å². The van der Waals surface area contributed by atoms with Crippen LogP contribution in [0.25, 0.3) is 11.4 Å². The van der Waals surface area contributed by atoms with Crippen molar-refractivity contribution in [1.82, 2.24) is 19.9 Å². The number of piperazine rings is 1. The molecule has 0 radical (unpaired) electrons. The minimum absolute atomic E-state index is 0.0123. The zero-order valence-electron chi connectivity index (χ0n) is 15.8. The number of aromatic nitrogens is 2. The molecule has 8 heteroatoms. The van der Waals surface area contributed by atoms with Crippen LogP contribution in [0.5, 0.6) is 0 Å². The van der Waals surface area contributed by atoms with E-state index in [1.807, 2.05) is 30.0 Å². The Labute approximate surface area is 168 Å². The van der Waals surface area contributed by atoms with Crippen LogP contribution in [0.4, 0.5) is 0 Å². The number of fused-ring (bicyclic) bond motifs is 1. The lowest BCUT2D eigenvalue weighted by Gasteiger charge is -2.41. The first-order chi connectivity index (χ1) is 13.5. The van der Waals surface area contributed by atoms with E-state index in [0.29, 0.717) is 42.5 Å². The third kappa shape index (κ3) is 3.63. The third-order valence-corrected chi connectivity index (χ3v) is 5.91. The Morgan fingerprint density at radius 1 is 1.36 bits per heavy atom. The summed E-state index contributed by atoms with van der Waals surface area (Å²) in [6, 6.07) is 7.12. The van der Waals surface area contributed by atoms with Crippen LogP contribution in [-0.4, -0.2) is 56.9 Å². The van der Waals surface area contributed by atoms with Crippen LogP contribution >= 0.6 is 11.6 Å². The number of carbonyl (C=O) groups excluding carboxylic acids is 2. The van der Waals surface area contributed by atoms with Gasteiger partial charge in [0, 0.05) is 37.5 Å². The maximum Gasteiger partial charge on any atom is 0.245 e.